The van der Waals surface area contributed by atoms with Crippen LogP contribution in [0.5, 0.6) is 0 Å². The average Bonchev–Trinajstić information content (AvgIpc) is 3.32. The van der Waals surface area contributed by atoms with E-state index in [1.807, 2.05) is 13.8 Å². The summed E-state index contributed by atoms with van der Waals surface area (Å²) in [6.45, 7) is 4.37. The van der Waals surface area contributed by atoms with Crippen molar-refractivity contribution in [3.63, 3.8) is 0 Å². The van der Waals surface area contributed by atoms with E-state index in [1.165, 1.54) is 12.1 Å². The van der Waals surface area contributed by atoms with Crippen LogP contribution in [-0.2, 0) is 11.0 Å². The summed E-state index contributed by atoms with van der Waals surface area (Å²) in [6, 6.07) is 10.1. The van der Waals surface area contributed by atoms with Crippen molar-refractivity contribution >= 4 is 17.0 Å². The molecule has 2 aromatic carbocycles. The molecule has 4 rings (SSSR count). The van der Waals surface area contributed by atoms with E-state index >= 15 is 0 Å². The van der Waals surface area contributed by atoms with Crippen LogP contribution in [0.3, 0.4) is 0 Å². The Kier molecular flexibility index (Phi) is 4.84. The number of rotatable bonds is 3. The van der Waals surface area contributed by atoms with Crippen LogP contribution in [-0.4, -0.2) is 22.3 Å². The monoisotopic (exact) mass is 402 g/mol. The van der Waals surface area contributed by atoms with Gasteiger partial charge < -0.3 is 9.32 Å². The molecule has 0 aliphatic carbocycles. The number of aromatic nitrogens is 1. The summed E-state index contributed by atoms with van der Waals surface area (Å²) >= 11 is 0. The van der Waals surface area contributed by atoms with E-state index in [1.54, 1.807) is 29.2 Å². The third-order valence-corrected chi connectivity index (χ3v) is 5.26. The first kappa shape index (κ1) is 19.5. The molecule has 1 atom stereocenters. The quantitative estimate of drug-likeness (QED) is 0.553. The van der Waals surface area contributed by atoms with Crippen molar-refractivity contribution in [2.75, 3.05) is 6.54 Å². The number of hydrogen-bond acceptors (Lipinski definition) is 3. The molecule has 1 aliphatic rings. The molecule has 1 saturated heterocycles. The maximum Gasteiger partial charge on any atom is 0.417 e. The lowest BCUT2D eigenvalue weighted by Gasteiger charge is -2.24. The zero-order valence-corrected chi connectivity index (χ0v) is 16.2. The van der Waals surface area contributed by atoms with Gasteiger partial charge in [-0.15, -0.1) is 0 Å². The van der Waals surface area contributed by atoms with Gasteiger partial charge in [-0.3, -0.25) is 4.79 Å². The molecular formula is C22H21F3N2O2. The van der Waals surface area contributed by atoms with Crippen LogP contribution in [0.4, 0.5) is 13.2 Å². The van der Waals surface area contributed by atoms with E-state index in [0.29, 0.717) is 29.1 Å². The Morgan fingerprint density at radius 3 is 2.69 bits per heavy atom. The first-order valence-corrected chi connectivity index (χ1v) is 9.63. The van der Waals surface area contributed by atoms with Gasteiger partial charge in [0, 0.05) is 12.5 Å². The van der Waals surface area contributed by atoms with Gasteiger partial charge in [-0.1, -0.05) is 38.1 Å². The predicted octanol–water partition coefficient (Wildman–Crippen LogP) is 5.83. The maximum absolute atomic E-state index is 13.4. The largest absolute Gasteiger partial charge is 0.438 e. The smallest absolute Gasteiger partial charge is 0.417 e. The molecule has 1 aliphatic heterocycles. The standard InChI is InChI=1S/C22H21F3N2O2/c1-13(2)21(28)27-11-5-8-18(27)20-26-17-12-14(9-10-19(17)29-20)15-6-3-4-7-16(15)22(23,24)25/h3-4,6-7,9-10,12-13,18H,5,8,11H2,1-2H3. The number of fused-ring (bicyclic) bond motifs is 1. The summed E-state index contributed by atoms with van der Waals surface area (Å²) in [5, 5.41) is 0. The molecule has 4 nitrogen and oxygen atoms in total. The number of benzene rings is 2. The molecule has 1 aromatic heterocycles. The molecule has 1 fully saturated rings. The van der Waals surface area contributed by atoms with Crippen molar-refractivity contribution in [3.05, 3.63) is 53.9 Å². The van der Waals surface area contributed by atoms with Crippen LogP contribution in [0.2, 0.25) is 0 Å². The van der Waals surface area contributed by atoms with Crippen molar-refractivity contribution < 1.29 is 22.4 Å². The summed E-state index contributed by atoms with van der Waals surface area (Å²) in [5.74, 6) is 0.368. The van der Waals surface area contributed by atoms with Gasteiger partial charge in [-0.05, 0) is 42.2 Å². The molecule has 152 valence electrons. The van der Waals surface area contributed by atoms with Gasteiger partial charge in [0.05, 0.1) is 5.56 Å². The normalized spacial score (nSPS) is 17.4. The highest BCUT2D eigenvalue weighted by Gasteiger charge is 2.35. The predicted molar refractivity (Wildman–Crippen MR) is 103 cm³/mol. The van der Waals surface area contributed by atoms with Gasteiger partial charge in [-0.25, -0.2) is 4.98 Å². The van der Waals surface area contributed by atoms with Crippen LogP contribution in [0.15, 0.2) is 46.9 Å². The minimum absolute atomic E-state index is 0.0505. The molecule has 0 saturated carbocycles. The lowest BCUT2D eigenvalue weighted by molar-refractivity contribution is -0.137. The Labute approximate surface area is 166 Å². The fraction of sp³-hybridized carbons (Fsp3) is 0.364. The van der Waals surface area contributed by atoms with E-state index in [0.717, 1.165) is 18.9 Å². The van der Waals surface area contributed by atoms with Gasteiger partial charge >= 0.3 is 6.18 Å². The van der Waals surface area contributed by atoms with Crippen molar-refractivity contribution in [1.29, 1.82) is 0 Å². The van der Waals surface area contributed by atoms with Gasteiger partial charge in [-0.2, -0.15) is 13.2 Å². The highest BCUT2D eigenvalue weighted by Crippen LogP contribution is 2.39. The van der Waals surface area contributed by atoms with Gasteiger partial charge in [0.25, 0.3) is 0 Å². The minimum Gasteiger partial charge on any atom is -0.438 e. The van der Waals surface area contributed by atoms with Crippen LogP contribution in [0, 0.1) is 5.92 Å². The Balaban J connectivity index is 1.72. The zero-order valence-electron chi connectivity index (χ0n) is 16.2. The van der Waals surface area contributed by atoms with E-state index in [2.05, 4.69) is 4.98 Å². The van der Waals surface area contributed by atoms with Crippen LogP contribution in [0.1, 0.15) is 44.2 Å². The topological polar surface area (TPSA) is 46.3 Å². The number of amides is 1. The van der Waals surface area contributed by atoms with Crippen molar-refractivity contribution in [1.82, 2.24) is 9.88 Å². The number of hydrogen-bond donors (Lipinski definition) is 0. The zero-order chi connectivity index (χ0) is 20.8. The maximum atomic E-state index is 13.4. The highest BCUT2D eigenvalue weighted by molar-refractivity contribution is 5.82. The molecule has 2 heterocycles. The molecule has 1 amide bonds. The lowest BCUT2D eigenvalue weighted by Crippen LogP contribution is -2.33. The molecule has 7 heteroatoms. The molecule has 0 N–H and O–H groups in total. The lowest BCUT2D eigenvalue weighted by atomic mass is 9.99. The van der Waals surface area contributed by atoms with E-state index in [-0.39, 0.29) is 23.4 Å². The average molecular weight is 402 g/mol. The molecule has 0 bridgehead atoms. The molecule has 0 radical (unpaired) electrons. The summed E-state index contributed by atoms with van der Waals surface area (Å²) in [7, 11) is 0. The van der Waals surface area contributed by atoms with E-state index in [4.69, 9.17) is 4.42 Å². The Morgan fingerprint density at radius 1 is 1.21 bits per heavy atom. The van der Waals surface area contributed by atoms with E-state index in [9.17, 15) is 18.0 Å². The number of alkyl halides is 3. The summed E-state index contributed by atoms with van der Waals surface area (Å²) in [6.07, 6.45) is -2.82. The molecule has 1 unspecified atom stereocenters. The highest BCUT2D eigenvalue weighted by atomic mass is 19.4. The summed E-state index contributed by atoms with van der Waals surface area (Å²) in [4.78, 5) is 18.8. The van der Waals surface area contributed by atoms with Crippen LogP contribution in [0.25, 0.3) is 22.2 Å². The van der Waals surface area contributed by atoms with E-state index < -0.39 is 11.7 Å². The second-order valence-corrected chi connectivity index (χ2v) is 7.62. The molecule has 29 heavy (non-hydrogen) atoms. The third-order valence-electron chi connectivity index (χ3n) is 5.26. The number of nitrogens with zero attached hydrogens (tertiary/aromatic N) is 2. The second kappa shape index (κ2) is 7.21. The Hall–Kier alpha value is -2.83. The number of oxazole rings is 1. The van der Waals surface area contributed by atoms with Crippen molar-refractivity contribution in [2.45, 2.75) is 38.9 Å². The van der Waals surface area contributed by atoms with Crippen molar-refractivity contribution in [2.24, 2.45) is 5.92 Å². The number of carbonyl (C=O) groups is 1. The Morgan fingerprint density at radius 2 is 1.97 bits per heavy atom. The number of halogens is 3. The van der Waals surface area contributed by atoms with Crippen LogP contribution < -0.4 is 0 Å². The second-order valence-electron chi connectivity index (χ2n) is 7.62. The minimum atomic E-state index is -4.44. The van der Waals surface area contributed by atoms with Gasteiger partial charge in [0.2, 0.25) is 11.8 Å². The molecule has 3 aromatic rings. The van der Waals surface area contributed by atoms with Crippen molar-refractivity contribution in [3.8, 4) is 11.1 Å². The molecule has 0 spiro atoms. The fourth-order valence-electron chi connectivity index (χ4n) is 3.86. The first-order chi connectivity index (χ1) is 13.8. The van der Waals surface area contributed by atoms with Gasteiger partial charge in [0.15, 0.2) is 5.58 Å². The SMILES string of the molecule is CC(C)C(=O)N1CCCC1c1nc2cc(-c3ccccc3C(F)(F)F)ccc2o1. The fourth-order valence-corrected chi connectivity index (χ4v) is 3.86. The first-order valence-electron chi connectivity index (χ1n) is 9.63. The van der Waals surface area contributed by atoms with Gasteiger partial charge in [0.1, 0.15) is 11.6 Å². The van der Waals surface area contributed by atoms with Crippen LogP contribution >= 0.6 is 0 Å². The Bertz CT molecular complexity index is 1060. The third kappa shape index (κ3) is 3.61. The molecular weight excluding hydrogens is 381 g/mol. The summed E-state index contributed by atoms with van der Waals surface area (Å²) < 4.78 is 46.0. The number of carbonyl (C=O) groups excluding carboxylic acids is 1. The number of likely N-dealkylation sites (tertiary alicyclic amines) is 1. The summed E-state index contributed by atoms with van der Waals surface area (Å²) in [5.41, 5.74) is 0.818.